The molecular weight excluding hydrogens is 472 g/mol. The van der Waals surface area contributed by atoms with E-state index in [2.05, 4.69) is 30.4 Å². The molecule has 14 heteroatoms. The van der Waals surface area contributed by atoms with Crippen molar-refractivity contribution in [2.45, 2.75) is 19.0 Å². The maximum absolute atomic E-state index is 13.4. The van der Waals surface area contributed by atoms with Crippen molar-refractivity contribution < 1.29 is 18.0 Å². The van der Waals surface area contributed by atoms with Crippen molar-refractivity contribution in [2.24, 2.45) is 0 Å². The smallest absolute Gasteiger partial charge is 0.333 e. The van der Waals surface area contributed by atoms with Crippen LogP contribution in [0.4, 0.5) is 8.78 Å². The van der Waals surface area contributed by atoms with Gasteiger partial charge in [-0.3, -0.25) is 4.79 Å². The topological polar surface area (TPSA) is 123 Å². The summed E-state index contributed by atoms with van der Waals surface area (Å²) in [4.78, 5) is 22.5. The number of amides is 1. The normalized spacial score (nSPS) is 15.9. The summed E-state index contributed by atoms with van der Waals surface area (Å²) in [5.41, 5.74) is 3.03. The van der Waals surface area contributed by atoms with E-state index in [-0.39, 0.29) is 17.3 Å². The lowest BCUT2D eigenvalue weighted by Crippen LogP contribution is -2.41. The van der Waals surface area contributed by atoms with Crippen LogP contribution in [0.25, 0.3) is 17.0 Å². The molecule has 0 aromatic carbocycles. The lowest BCUT2D eigenvalue weighted by Gasteiger charge is -2.32. The van der Waals surface area contributed by atoms with Crippen molar-refractivity contribution in [3.05, 3.63) is 71.1 Å². The van der Waals surface area contributed by atoms with Crippen LogP contribution in [0.3, 0.4) is 0 Å². The highest BCUT2D eigenvalue weighted by atomic mass is 35.5. The molecule has 0 radical (unpaired) electrons. The lowest BCUT2D eigenvalue weighted by molar-refractivity contribution is 0.0566. The van der Waals surface area contributed by atoms with Crippen molar-refractivity contribution in [2.75, 3.05) is 6.54 Å². The van der Waals surface area contributed by atoms with Gasteiger partial charge in [0.1, 0.15) is 11.2 Å². The van der Waals surface area contributed by atoms with E-state index < -0.39 is 18.5 Å². The Labute approximate surface area is 194 Å². The standard InChI is InChI=1S/C20H14ClF2N9O2/c21-14-3-1-2-11-6-13(29-32(11)14)16-15-12(24-9-25-15)4-5-30(16)19(33)18-28-27-17(34-18)10-7-26-31(8-10)20(22)23/h1-3,6-9,16,20H,4-5H2,(H,24,25)/t16-/m0/s1. The zero-order chi connectivity index (χ0) is 23.4. The number of alkyl halides is 2. The third-order valence-electron chi connectivity index (χ3n) is 5.58. The van der Waals surface area contributed by atoms with Gasteiger partial charge in [0.05, 0.1) is 35.0 Å². The molecule has 1 aliphatic rings. The number of aromatic nitrogens is 8. The first-order chi connectivity index (χ1) is 16.5. The molecule has 0 fully saturated rings. The number of aromatic amines is 1. The maximum Gasteiger partial charge on any atom is 0.333 e. The molecule has 5 aromatic heterocycles. The van der Waals surface area contributed by atoms with Gasteiger partial charge >= 0.3 is 18.3 Å². The number of fused-ring (bicyclic) bond motifs is 2. The first-order valence-corrected chi connectivity index (χ1v) is 10.5. The second-order valence-corrected chi connectivity index (χ2v) is 7.96. The number of pyridine rings is 1. The Bertz CT molecular complexity index is 1520. The van der Waals surface area contributed by atoms with Crippen LogP contribution in [0.15, 0.2) is 47.4 Å². The highest BCUT2D eigenvalue weighted by molar-refractivity contribution is 6.29. The number of carbonyl (C=O) groups is 1. The van der Waals surface area contributed by atoms with Crippen molar-refractivity contribution in [3.8, 4) is 11.5 Å². The van der Waals surface area contributed by atoms with Crippen molar-refractivity contribution in [1.82, 2.24) is 44.5 Å². The second-order valence-electron chi connectivity index (χ2n) is 7.57. The van der Waals surface area contributed by atoms with Gasteiger partial charge in [-0.05, 0) is 18.2 Å². The quantitative estimate of drug-likeness (QED) is 0.388. The lowest BCUT2D eigenvalue weighted by atomic mass is 9.99. The summed E-state index contributed by atoms with van der Waals surface area (Å²) < 4.78 is 33.2. The molecule has 0 aliphatic carbocycles. The van der Waals surface area contributed by atoms with Crippen LogP contribution in [-0.2, 0) is 6.42 Å². The van der Waals surface area contributed by atoms with Gasteiger partial charge in [-0.15, -0.1) is 10.2 Å². The number of rotatable bonds is 4. The average Bonchev–Trinajstić information content (AvgIpc) is 3.62. The summed E-state index contributed by atoms with van der Waals surface area (Å²) in [6.45, 7) is -2.48. The number of hydrogen-bond donors (Lipinski definition) is 1. The molecule has 6 rings (SSSR count). The maximum atomic E-state index is 13.4. The van der Waals surface area contributed by atoms with Crippen molar-refractivity contribution >= 4 is 23.0 Å². The van der Waals surface area contributed by atoms with Gasteiger partial charge < -0.3 is 14.3 Å². The minimum absolute atomic E-state index is 0.0937. The van der Waals surface area contributed by atoms with Crippen molar-refractivity contribution in [3.63, 3.8) is 0 Å². The van der Waals surface area contributed by atoms with E-state index in [1.165, 1.54) is 0 Å². The molecule has 5 aromatic rings. The van der Waals surface area contributed by atoms with E-state index >= 15 is 0 Å². The monoisotopic (exact) mass is 485 g/mol. The molecule has 1 N–H and O–H groups in total. The number of halogens is 3. The minimum atomic E-state index is -2.81. The fraction of sp³-hybridized carbons (Fsp3) is 0.200. The molecule has 0 unspecified atom stereocenters. The first-order valence-electron chi connectivity index (χ1n) is 10.1. The van der Waals surface area contributed by atoms with Gasteiger partial charge in [0, 0.05) is 24.9 Å². The molecule has 0 bridgehead atoms. The van der Waals surface area contributed by atoms with E-state index in [1.807, 2.05) is 18.2 Å². The van der Waals surface area contributed by atoms with Crippen LogP contribution < -0.4 is 0 Å². The average molecular weight is 486 g/mol. The summed E-state index contributed by atoms with van der Waals surface area (Å²) in [5, 5.41) is 16.2. The predicted molar refractivity (Wildman–Crippen MR) is 112 cm³/mol. The summed E-state index contributed by atoms with van der Waals surface area (Å²) in [6.07, 6.45) is 4.33. The van der Waals surface area contributed by atoms with Gasteiger partial charge in [-0.25, -0.2) is 14.2 Å². The van der Waals surface area contributed by atoms with E-state index in [0.717, 1.165) is 23.6 Å². The molecule has 6 heterocycles. The second kappa shape index (κ2) is 7.73. The van der Waals surface area contributed by atoms with Gasteiger partial charge in [0.25, 0.3) is 5.89 Å². The third-order valence-corrected chi connectivity index (χ3v) is 5.87. The number of nitrogens with zero attached hydrogens (tertiary/aromatic N) is 8. The molecule has 0 spiro atoms. The fourth-order valence-electron chi connectivity index (χ4n) is 4.03. The van der Waals surface area contributed by atoms with Gasteiger partial charge in [0.15, 0.2) is 0 Å². The number of hydrogen-bond acceptors (Lipinski definition) is 7. The highest BCUT2D eigenvalue weighted by Crippen LogP contribution is 2.35. The summed E-state index contributed by atoms with van der Waals surface area (Å²) in [6, 6.07) is 6.58. The molecule has 1 amide bonds. The fourth-order valence-corrected chi connectivity index (χ4v) is 4.24. The minimum Gasteiger partial charge on any atom is -0.412 e. The largest absolute Gasteiger partial charge is 0.412 e. The molecular formula is C20H14ClF2N9O2. The Hall–Kier alpha value is -4.13. The number of imidazole rings is 1. The molecule has 34 heavy (non-hydrogen) atoms. The Kier molecular flexibility index (Phi) is 4.65. The van der Waals surface area contributed by atoms with E-state index in [9.17, 15) is 13.6 Å². The molecule has 11 nitrogen and oxygen atoms in total. The third kappa shape index (κ3) is 3.23. The molecule has 1 aliphatic heterocycles. The number of carbonyl (C=O) groups excluding carboxylic acids is 1. The predicted octanol–water partition coefficient (Wildman–Crippen LogP) is 3.14. The van der Waals surface area contributed by atoms with Crippen LogP contribution in [0.1, 0.15) is 40.4 Å². The molecule has 0 saturated carbocycles. The first kappa shape index (κ1) is 20.5. The Morgan fingerprint density at radius 3 is 2.97 bits per heavy atom. The van der Waals surface area contributed by atoms with Crippen LogP contribution in [0.2, 0.25) is 5.15 Å². The molecule has 0 saturated heterocycles. The molecule has 172 valence electrons. The summed E-state index contributed by atoms with van der Waals surface area (Å²) in [7, 11) is 0. The molecule has 1 atom stereocenters. The van der Waals surface area contributed by atoms with Crippen LogP contribution in [-0.4, -0.2) is 56.9 Å². The van der Waals surface area contributed by atoms with Gasteiger partial charge in [-0.1, -0.05) is 17.7 Å². The highest BCUT2D eigenvalue weighted by Gasteiger charge is 2.38. The number of nitrogens with one attached hydrogen (secondary N) is 1. The summed E-state index contributed by atoms with van der Waals surface area (Å²) >= 11 is 6.28. The Morgan fingerprint density at radius 1 is 1.29 bits per heavy atom. The number of H-pyrrole nitrogens is 1. The zero-order valence-electron chi connectivity index (χ0n) is 17.1. The van der Waals surface area contributed by atoms with E-state index in [4.69, 9.17) is 16.0 Å². The van der Waals surface area contributed by atoms with Crippen LogP contribution >= 0.6 is 11.6 Å². The zero-order valence-corrected chi connectivity index (χ0v) is 17.9. The van der Waals surface area contributed by atoms with Crippen LogP contribution in [0.5, 0.6) is 0 Å². The summed E-state index contributed by atoms with van der Waals surface area (Å²) in [5.74, 6) is -0.920. The Balaban J connectivity index is 1.37. The van der Waals surface area contributed by atoms with E-state index in [1.54, 1.807) is 21.8 Å². The van der Waals surface area contributed by atoms with Gasteiger partial charge in [0.2, 0.25) is 0 Å². The Morgan fingerprint density at radius 2 is 2.18 bits per heavy atom. The SMILES string of the molecule is O=C(c1nnc(-c2cnn(C(F)F)c2)o1)N1CCc2[nH]cnc2[C@@H]1c1cc2cccc(Cl)n2n1. The van der Waals surface area contributed by atoms with Crippen LogP contribution in [0, 0.1) is 0 Å². The van der Waals surface area contributed by atoms with Gasteiger partial charge in [-0.2, -0.15) is 19.0 Å². The van der Waals surface area contributed by atoms with E-state index in [0.29, 0.717) is 34.2 Å². The van der Waals surface area contributed by atoms with Crippen molar-refractivity contribution in [1.29, 1.82) is 0 Å².